The smallest absolute Gasteiger partial charge is 0.0999 e. The van der Waals surface area contributed by atoms with E-state index < -0.39 is 6.10 Å². The van der Waals surface area contributed by atoms with Crippen LogP contribution in [-0.2, 0) is 6.54 Å². The van der Waals surface area contributed by atoms with Gasteiger partial charge in [-0.3, -0.25) is 4.68 Å². The Hall–Kier alpha value is -0.580. The fraction of sp³-hybridized carbons (Fsp3) is 0.769. The minimum atomic E-state index is -0.505. The number of aliphatic hydroxyl groups excluding tert-OH is 1. The van der Waals surface area contributed by atoms with E-state index in [9.17, 15) is 5.11 Å². The summed E-state index contributed by atoms with van der Waals surface area (Å²) in [5, 5.41) is 15.3. The summed E-state index contributed by atoms with van der Waals surface area (Å²) in [5.41, 5.74) is 0.776. The predicted octanol–water partition coefficient (Wildman–Crippen LogP) is 2.18. The maximum atomic E-state index is 10.5. The molecule has 1 aromatic heterocycles. The molecular formula is C13H22ClN3O. The first kappa shape index (κ1) is 13.8. The Bertz CT molecular complexity index is 401. The van der Waals surface area contributed by atoms with Crippen molar-refractivity contribution in [3.8, 4) is 0 Å². The summed E-state index contributed by atoms with van der Waals surface area (Å²) in [5.74, 6) is 0.908. The largest absolute Gasteiger partial charge is 0.386 e. The third-order valence-corrected chi connectivity index (χ3v) is 4.03. The van der Waals surface area contributed by atoms with Crippen molar-refractivity contribution in [2.24, 2.45) is 11.8 Å². The first-order chi connectivity index (χ1) is 8.50. The lowest BCUT2D eigenvalue weighted by Gasteiger charge is -2.21. The van der Waals surface area contributed by atoms with Crippen molar-refractivity contribution in [3.05, 3.63) is 16.9 Å². The van der Waals surface area contributed by atoms with Crippen molar-refractivity contribution in [2.45, 2.75) is 32.4 Å². The molecule has 1 aromatic rings. The molecule has 0 aliphatic heterocycles. The number of aromatic nitrogens is 2. The molecule has 5 heteroatoms. The van der Waals surface area contributed by atoms with Crippen LogP contribution in [-0.4, -0.2) is 40.4 Å². The highest BCUT2D eigenvalue weighted by molar-refractivity contribution is 6.31. The number of aliphatic hydroxyl groups is 1. The SMILES string of the molecule is CC(C1CC1)C(O)c1c(Cl)cnn1CCN(C)C. The quantitative estimate of drug-likeness (QED) is 0.862. The molecule has 18 heavy (non-hydrogen) atoms. The summed E-state index contributed by atoms with van der Waals surface area (Å²) >= 11 is 6.17. The van der Waals surface area contributed by atoms with Gasteiger partial charge < -0.3 is 10.0 Å². The van der Waals surface area contributed by atoms with Crippen LogP contribution in [0.15, 0.2) is 6.20 Å². The van der Waals surface area contributed by atoms with E-state index in [-0.39, 0.29) is 5.92 Å². The molecule has 1 heterocycles. The van der Waals surface area contributed by atoms with Gasteiger partial charge >= 0.3 is 0 Å². The first-order valence-corrected chi connectivity index (χ1v) is 6.92. The van der Waals surface area contributed by atoms with Gasteiger partial charge in [0.25, 0.3) is 0 Å². The highest BCUT2D eigenvalue weighted by atomic mass is 35.5. The van der Waals surface area contributed by atoms with Crippen LogP contribution in [0.5, 0.6) is 0 Å². The molecule has 0 bridgehead atoms. The van der Waals surface area contributed by atoms with Crippen LogP contribution >= 0.6 is 11.6 Å². The van der Waals surface area contributed by atoms with Gasteiger partial charge in [0, 0.05) is 6.54 Å². The van der Waals surface area contributed by atoms with Crippen LogP contribution in [0.4, 0.5) is 0 Å². The highest BCUT2D eigenvalue weighted by Crippen LogP contribution is 2.43. The average Bonchev–Trinajstić information content (AvgIpc) is 3.09. The first-order valence-electron chi connectivity index (χ1n) is 6.54. The minimum Gasteiger partial charge on any atom is -0.386 e. The van der Waals surface area contributed by atoms with Crippen molar-refractivity contribution < 1.29 is 5.11 Å². The third kappa shape index (κ3) is 3.05. The monoisotopic (exact) mass is 271 g/mol. The summed E-state index contributed by atoms with van der Waals surface area (Å²) < 4.78 is 1.84. The number of hydrogen-bond donors (Lipinski definition) is 1. The van der Waals surface area contributed by atoms with Gasteiger partial charge in [0.15, 0.2) is 0 Å². The zero-order valence-electron chi connectivity index (χ0n) is 11.3. The summed E-state index contributed by atoms with van der Waals surface area (Å²) in [6.07, 6.45) is 3.58. The molecule has 1 aliphatic rings. The van der Waals surface area contributed by atoms with Gasteiger partial charge in [-0.05, 0) is 38.8 Å². The molecule has 2 rings (SSSR count). The van der Waals surface area contributed by atoms with Gasteiger partial charge in [-0.2, -0.15) is 5.10 Å². The molecule has 0 amide bonds. The molecule has 1 fully saturated rings. The van der Waals surface area contributed by atoms with E-state index in [0.717, 1.165) is 18.8 Å². The van der Waals surface area contributed by atoms with E-state index in [1.54, 1.807) is 6.20 Å². The molecule has 0 saturated heterocycles. The lowest BCUT2D eigenvalue weighted by molar-refractivity contribution is 0.0960. The zero-order chi connectivity index (χ0) is 13.3. The Morgan fingerprint density at radius 1 is 1.56 bits per heavy atom. The molecule has 1 N–H and O–H groups in total. The summed E-state index contributed by atoms with van der Waals surface area (Å²) in [4.78, 5) is 2.09. The Balaban J connectivity index is 2.11. The minimum absolute atomic E-state index is 0.261. The van der Waals surface area contributed by atoms with Gasteiger partial charge in [0.1, 0.15) is 0 Å². The molecule has 0 aromatic carbocycles. The molecule has 102 valence electrons. The molecule has 2 unspecified atom stereocenters. The molecule has 1 saturated carbocycles. The highest BCUT2D eigenvalue weighted by Gasteiger charge is 2.35. The Kier molecular flexibility index (Phi) is 4.30. The standard InChI is InChI=1S/C13H22ClN3O/c1-9(10-4-5-10)13(18)12-11(14)8-15-17(12)7-6-16(2)3/h8-10,13,18H,4-7H2,1-3H3. The van der Waals surface area contributed by atoms with Crippen LogP contribution in [0.2, 0.25) is 5.02 Å². The zero-order valence-corrected chi connectivity index (χ0v) is 12.1. The van der Waals surface area contributed by atoms with Crippen molar-refractivity contribution in [2.75, 3.05) is 20.6 Å². The Morgan fingerprint density at radius 2 is 2.22 bits per heavy atom. The second-order valence-corrected chi connectivity index (χ2v) is 5.95. The second kappa shape index (κ2) is 5.59. The number of likely N-dealkylation sites (N-methyl/N-ethyl adjacent to an activating group) is 1. The van der Waals surface area contributed by atoms with Gasteiger partial charge in [-0.1, -0.05) is 18.5 Å². The van der Waals surface area contributed by atoms with E-state index in [0.29, 0.717) is 10.9 Å². The maximum Gasteiger partial charge on any atom is 0.0999 e. The summed E-state index contributed by atoms with van der Waals surface area (Å²) in [7, 11) is 4.04. The number of nitrogens with zero attached hydrogens (tertiary/aromatic N) is 3. The normalized spacial score (nSPS) is 19.2. The summed E-state index contributed by atoms with van der Waals surface area (Å²) in [6.45, 7) is 3.74. The van der Waals surface area contributed by atoms with E-state index in [4.69, 9.17) is 11.6 Å². The van der Waals surface area contributed by atoms with Crippen LogP contribution in [0.3, 0.4) is 0 Å². The van der Waals surface area contributed by atoms with Crippen LogP contribution in [0.25, 0.3) is 0 Å². The van der Waals surface area contributed by atoms with E-state index in [2.05, 4.69) is 16.9 Å². The van der Waals surface area contributed by atoms with E-state index in [1.165, 1.54) is 12.8 Å². The van der Waals surface area contributed by atoms with Crippen LogP contribution in [0, 0.1) is 11.8 Å². The van der Waals surface area contributed by atoms with Crippen LogP contribution in [0.1, 0.15) is 31.6 Å². The second-order valence-electron chi connectivity index (χ2n) is 5.55. The number of halogens is 1. The van der Waals surface area contributed by atoms with E-state index >= 15 is 0 Å². The van der Waals surface area contributed by atoms with E-state index in [1.807, 2.05) is 18.8 Å². The Labute approximate surface area is 114 Å². The van der Waals surface area contributed by atoms with Crippen molar-refractivity contribution in [1.29, 1.82) is 0 Å². The van der Waals surface area contributed by atoms with Gasteiger partial charge in [-0.15, -0.1) is 0 Å². The van der Waals surface area contributed by atoms with Crippen LogP contribution < -0.4 is 0 Å². The number of hydrogen-bond acceptors (Lipinski definition) is 3. The fourth-order valence-electron chi connectivity index (χ4n) is 2.27. The van der Waals surface area contributed by atoms with Crippen molar-refractivity contribution >= 4 is 11.6 Å². The topological polar surface area (TPSA) is 41.3 Å². The van der Waals surface area contributed by atoms with Gasteiger partial charge in [0.05, 0.1) is 29.6 Å². The predicted molar refractivity (Wildman–Crippen MR) is 72.6 cm³/mol. The Morgan fingerprint density at radius 3 is 2.78 bits per heavy atom. The third-order valence-electron chi connectivity index (χ3n) is 3.74. The molecule has 0 spiro atoms. The van der Waals surface area contributed by atoms with Gasteiger partial charge in [-0.25, -0.2) is 0 Å². The average molecular weight is 272 g/mol. The summed E-state index contributed by atoms with van der Waals surface area (Å²) in [6, 6.07) is 0. The maximum absolute atomic E-state index is 10.5. The number of rotatable bonds is 6. The van der Waals surface area contributed by atoms with Gasteiger partial charge in [0.2, 0.25) is 0 Å². The molecule has 4 nitrogen and oxygen atoms in total. The lowest BCUT2D eigenvalue weighted by Crippen LogP contribution is -2.23. The van der Waals surface area contributed by atoms with Crippen molar-refractivity contribution in [1.82, 2.24) is 14.7 Å². The molecule has 1 aliphatic carbocycles. The fourth-order valence-corrected chi connectivity index (χ4v) is 2.52. The van der Waals surface area contributed by atoms with Crippen molar-refractivity contribution in [3.63, 3.8) is 0 Å². The lowest BCUT2D eigenvalue weighted by atomic mass is 9.97. The molecule has 2 atom stereocenters. The molecule has 0 radical (unpaired) electrons. The molecular weight excluding hydrogens is 250 g/mol.